The van der Waals surface area contributed by atoms with Crippen LogP contribution in [0, 0.1) is 11.8 Å². The molecule has 0 aromatic carbocycles. The van der Waals surface area contributed by atoms with E-state index in [1.165, 1.54) is 17.5 Å². The van der Waals surface area contributed by atoms with E-state index in [1.807, 2.05) is 17.5 Å². The number of rotatable bonds is 7. The molecule has 2 aromatic heterocycles. The number of thiophene rings is 1. The van der Waals surface area contributed by atoms with Crippen LogP contribution in [0.4, 0.5) is 5.82 Å². The second-order valence-corrected chi connectivity index (χ2v) is 10.7. The lowest BCUT2D eigenvalue weighted by Gasteiger charge is -2.51. The third kappa shape index (κ3) is 4.91. The number of carbonyl (C=O) groups excluding carboxylic acids is 2. The summed E-state index contributed by atoms with van der Waals surface area (Å²) in [6.45, 7) is 2.71. The Morgan fingerprint density at radius 3 is 2.62 bits per heavy atom. The second-order valence-electron chi connectivity index (χ2n) is 9.77. The van der Waals surface area contributed by atoms with Gasteiger partial charge < -0.3 is 36.6 Å². The van der Waals surface area contributed by atoms with Gasteiger partial charge in [0.1, 0.15) is 6.54 Å². The number of aliphatic hydroxyl groups is 1. The van der Waals surface area contributed by atoms with Crippen molar-refractivity contribution >= 4 is 29.0 Å². The molecule has 2 aromatic rings. The Morgan fingerprint density at radius 1 is 1.21 bits per heavy atom. The van der Waals surface area contributed by atoms with Crippen molar-refractivity contribution in [3.63, 3.8) is 0 Å². The number of amides is 1. The summed E-state index contributed by atoms with van der Waals surface area (Å²) in [4.78, 5) is 35.0. The molecular weight excluding hydrogens is 520 g/mol. The molecule has 184 valence electrons. The number of anilines is 1. The predicted molar refractivity (Wildman–Crippen MR) is 123 cm³/mol. The van der Waals surface area contributed by atoms with Gasteiger partial charge in [0.05, 0.1) is 19.3 Å². The first-order chi connectivity index (χ1) is 16.0. The van der Waals surface area contributed by atoms with Crippen molar-refractivity contribution in [1.29, 1.82) is 0 Å². The molecule has 4 aliphatic rings. The van der Waals surface area contributed by atoms with E-state index in [0.29, 0.717) is 28.3 Å². The molecule has 3 saturated heterocycles. The fourth-order valence-electron chi connectivity index (χ4n) is 5.96. The molecule has 1 aliphatic carbocycles. The van der Waals surface area contributed by atoms with E-state index in [4.69, 9.17) is 4.74 Å². The van der Waals surface area contributed by atoms with E-state index in [2.05, 4.69) is 15.3 Å². The number of halogens is 1. The molecule has 1 saturated carbocycles. The molecule has 1 amide bonds. The number of hydrogen-bond acceptors (Lipinski definition) is 7. The maximum atomic E-state index is 13.5. The highest BCUT2D eigenvalue weighted by molar-refractivity contribution is 7.10. The van der Waals surface area contributed by atoms with Crippen molar-refractivity contribution in [3.8, 4) is 0 Å². The molecule has 8 nitrogen and oxygen atoms in total. The summed E-state index contributed by atoms with van der Waals surface area (Å²) in [5.74, 6) is -0.00770. The summed E-state index contributed by atoms with van der Waals surface area (Å²) in [5, 5.41) is 16.4. The van der Waals surface area contributed by atoms with Gasteiger partial charge in [0.25, 0.3) is 5.91 Å². The molecule has 0 radical (unpaired) electrons. The van der Waals surface area contributed by atoms with Crippen LogP contribution in [0.5, 0.6) is 0 Å². The molecule has 0 spiro atoms. The van der Waals surface area contributed by atoms with Gasteiger partial charge >= 0.3 is 5.97 Å². The Balaban J connectivity index is 0.00000274. The lowest BCUT2D eigenvalue weighted by atomic mass is 9.82. The number of fused-ring (bicyclic) bond motifs is 3. The molecule has 34 heavy (non-hydrogen) atoms. The summed E-state index contributed by atoms with van der Waals surface area (Å²) in [5.41, 5.74) is -1.58. The van der Waals surface area contributed by atoms with Gasteiger partial charge in [0, 0.05) is 41.9 Å². The minimum Gasteiger partial charge on any atom is -1.00 e. The highest BCUT2D eigenvalue weighted by Crippen LogP contribution is 2.44. The summed E-state index contributed by atoms with van der Waals surface area (Å²) in [6, 6.07) is 3.71. The van der Waals surface area contributed by atoms with Gasteiger partial charge in [-0.25, -0.2) is 9.78 Å². The number of ether oxygens (including phenoxy) is 1. The highest BCUT2D eigenvalue weighted by atomic mass is 79.9. The number of carbonyl (C=O) groups is 2. The number of aromatic nitrogens is 2. The number of piperidine rings is 3. The fraction of sp³-hybridized carbons (Fsp3) is 0.583. The number of quaternary nitrogens is 1. The molecule has 10 heteroatoms. The number of nitrogens with one attached hydrogen (secondary N) is 1. The van der Waals surface area contributed by atoms with Crippen molar-refractivity contribution in [3.05, 3.63) is 41.0 Å². The molecule has 1 unspecified atom stereocenters. The standard InChI is InChI=1S/C24H30N4O4S.BrH/c29-22(27-21-14-25-9-10-26-21)16-28-11-7-17(8-12-28)19(15-28)32-23(30)24(31,18-4-1-2-5-18)20-6-3-13-33-20;/h3,6,9-10,13-14,17-19,31H,1-2,4-5,7-8,11-12,15-16H2;1H/t17?,19-,24?,28?;/m0./s1. The summed E-state index contributed by atoms with van der Waals surface area (Å²) in [7, 11) is 0. The molecule has 2 N–H and O–H groups in total. The number of esters is 1. The van der Waals surface area contributed by atoms with Crippen molar-refractivity contribution < 1.29 is 40.9 Å². The molecular formula is C24H31BrN4O4S. The summed E-state index contributed by atoms with van der Waals surface area (Å²) >= 11 is 1.41. The predicted octanol–water partition coefficient (Wildman–Crippen LogP) is -0.289. The van der Waals surface area contributed by atoms with E-state index in [9.17, 15) is 14.7 Å². The Morgan fingerprint density at radius 2 is 1.97 bits per heavy atom. The summed E-state index contributed by atoms with van der Waals surface area (Å²) in [6.07, 6.45) is 9.90. The van der Waals surface area contributed by atoms with Crippen LogP contribution in [-0.2, 0) is 19.9 Å². The zero-order valence-corrected chi connectivity index (χ0v) is 21.5. The first-order valence-corrected chi connectivity index (χ1v) is 12.7. The molecule has 2 atom stereocenters. The first-order valence-electron chi connectivity index (χ1n) is 11.9. The van der Waals surface area contributed by atoms with Crippen LogP contribution in [0.3, 0.4) is 0 Å². The fourth-order valence-corrected chi connectivity index (χ4v) is 6.85. The Bertz CT molecular complexity index is 978. The number of nitrogens with zero attached hydrogens (tertiary/aromatic N) is 3. The van der Waals surface area contributed by atoms with Crippen LogP contribution < -0.4 is 22.3 Å². The van der Waals surface area contributed by atoms with E-state index >= 15 is 0 Å². The van der Waals surface area contributed by atoms with E-state index < -0.39 is 11.6 Å². The normalized spacial score (nSPS) is 28.0. The van der Waals surface area contributed by atoms with Crippen LogP contribution >= 0.6 is 11.3 Å². The lowest BCUT2D eigenvalue weighted by molar-refractivity contribution is -0.939. The largest absolute Gasteiger partial charge is 1.00 e. The third-order valence-electron chi connectivity index (χ3n) is 7.76. The van der Waals surface area contributed by atoms with Crippen molar-refractivity contribution in [1.82, 2.24) is 9.97 Å². The van der Waals surface area contributed by atoms with E-state index in [-0.39, 0.29) is 40.8 Å². The molecule has 5 heterocycles. The second kappa shape index (κ2) is 10.4. The average molecular weight is 552 g/mol. The first kappa shape index (κ1) is 25.2. The molecule has 4 fully saturated rings. The van der Waals surface area contributed by atoms with Gasteiger partial charge in [-0.15, -0.1) is 11.3 Å². The van der Waals surface area contributed by atoms with Gasteiger partial charge in [0.2, 0.25) is 0 Å². The maximum Gasteiger partial charge on any atom is 0.344 e. The highest BCUT2D eigenvalue weighted by Gasteiger charge is 2.53. The minimum atomic E-state index is -1.58. The van der Waals surface area contributed by atoms with Crippen LogP contribution in [-0.4, -0.2) is 63.7 Å². The maximum absolute atomic E-state index is 13.5. The van der Waals surface area contributed by atoms with E-state index in [0.717, 1.165) is 51.6 Å². The quantitative estimate of drug-likeness (QED) is 0.363. The summed E-state index contributed by atoms with van der Waals surface area (Å²) < 4.78 is 6.70. The van der Waals surface area contributed by atoms with Gasteiger partial charge in [-0.1, -0.05) is 18.9 Å². The van der Waals surface area contributed by atoms with Gasteiger partial charge in [-0.3, -0.25) is 9.78 Å². The zero-order chi connectivity index (χ0) is 22.9. The van der Waals surface area contributed by atoms with E-state index in [1.54, 1.807) is 12.4 Å². The Hall–Kier alpha value is -1.88. The van der Waals surface area contributed by atoms with Crippen molar-refractivity contribution in [2.75, 3.05) is 31.5 Å². The Labute approximate surface area is 214 Å². The molecule has 6 rings (SSSR count). The van der Waals surface area contributed by atoms with Gasteiger partial charge in [0.15, 0.2) is 24.1 Å². The topological polar surface area (TPSA) is 101 Å². The van der Waals surface area contributed by atoms with Gasteiger partial charge in [-0.2, -0.15) is 0 Å². The zero-order valence-electron chi connectivity index (χ0n) is 19.1. The lowest BCUT2D eigenvalue weighted by Crippen LogP contribution is -3.00. The third-order valence-corrected chi connectivity index (χ3v) is 8.76. The monoisotopic (exact) mass is 550 g/mol. The molecule has 3 aliphatic heterocycles. The SMILES string of the molecule is O=C(C[N+]12CCC(CC1)[C@@H](OC(=O)C(O)(c1cccs1)C1CCCC1)C2)Nc1cnccn1.[Br-]. The van der Waals surface area contributed by atoms with Crippen LogP contribution in [0.25, 0.3) is 0 Å². The average Bonchev–Trinajstić information content (AvgIpc) is 3.54. The minimum absolute atomic E-state index is 0. The number of hydrogen-bond donors (Lipinski definition) is 2. The smallest absolute Gasteiger partial charge is 0.344 e. The van der Waals surface area contributed by atoms with Crippen LogP contribution in [0.1, 0.15) is 43.4 Å². The van der Waals surface area contributed by atoms with Gasteiger partial charge in [-0.05, 0) is 24.3 Å². The molecule has 2 bridgehead atoms. The Kier molecular flexibility index (Phi) is 7.71. The van der Waals surface area contributed by atoms with Crippen LogP contribution in [0.2, 0.25) is 0 Å². The van der Waals surface area contributed by atoms with Crippen LogP contribution in [0.15, 0.2) is 36.1 Å². The van der Waals surface area contributed by atoms with Crippen molar-refractivity contribution in [2.45, 2.75) is 50.2 Å². The van der Waals surface area contributed by atoms with Crippen molar-refractivity contribution in [2.24, 2.45) is 11.8 Å².